The molecule has 3 unspecified atom stereocenters. The lowest BCUT2D eigenvalue weighted by molar-refractivity contribution is -0.149. The molecule has 3 rings (SSSR count). The van der Waals surface area contributed by atoms with Gasteiger partial charge in [-0.3, -0.25) is 0 Å². The maximum atomic E-state index is 13.7. The molecule has 1 aliphatic carbocycles. The second-order valence-electron chi connectivity index (χ2n) is 37.7. The first kappa shape index (κ1) is 115. The molecule has 2 nitrogen and oxygen atoms in total. The molecule has 0 amide bonds. The molecule has 642 valence electrons. The first-order chi connectivity index (χ1) is 47.6. The van der Waals surface area contributed by atoms with Gasteiger partial charge < -0.3 is 9.47 Å². The van der Waals surface area contributed by atoms with Crippen LogP contribution in [0.25, 0.3) is 0 Å². The summed E-state index contributed by atoms with van der Waals surface area (Å²) in [5.74, 6) is -7.46. The highest BCUT2D eigenvalue weighted by molar-refractivity contribution is 4.98. The molecule has 105 heavy (non-hydrogen) atoms. The molecular weight excluding hydrogens is 1350 g/mol. The second kappa shape index (κ2) is 51.8. The van der Waals surface area contributed by atoms with Gasteiger partial charge in [0.1, 0.15) is 17.0 Å². The van der Waals surface area contributed by atoms with Crippen LogP contribution in [0.15, 0.2) is 0 Å². The summed E-state index contributed by atoms with van der Waals surface area (Å²) in [6.45, 7) is 75.0. The Morgan fingerprint density at radius 3 is 0.657 bits per heavy atom. The van der Waals surface area contributed by atoms with Crippen molar-refractivity contribution in [1.82, 2.24) is 0 Å². The fourth-order valence-corrected chi connectivity index (χ4v) is 13.5. The summed E-state index contributed by atoms with van der Waals surface area (Å²) in [5, 5.41) is 0. The maximum absolute atomic E-state index is 13.7. The minimum absolute atomic E-state index is 0.00694. The summed E-state index contributed by atoms with van der Waals surface area (Å²) in [7, 11) is 0. The summed E-state index contributed by atoms with van der Waals surface area (Å²) in [4.78, 5) is 0. The Labute approximate surface area is 649 Å². The van der Waals surface area contributed by atoms with E-state index in [0.29, 0.717) is 62.6 Å². The van der Waals surface area contributed by atoms with E-state index in [1.807, 2.05) is 76.2 Å². The van der Waals surface area contributed by atoms with Crippen LogP contribution in [0.2, 0.25) is 0 Å². The van der Waals surface area contributed by atoms with E-state index in [9.17, 15) is 48.3 Å². The van der Waals surface area contributed by atoms with Crippen molar-refractivity contribution in [2.75, 3.05) is 26.4 Å². The van der Waals surface area contributed by atoms with Crippen LogP contribution in [0.5, 0.6) is 0 Å². The third-order valence-electron chi connectivity index (χ3n) is 27.7. The first-order valence-electron chi connectivity index (χ1n) is 43.3. The highest BCUT2D eigenvalue weighted by Crippen LogP contribution is 2.51. The van der Waals surface area contributed by atoms with Crippen LogP contribution >= 0.6 is 0 Å². The third kappa shape index (κ3) is 52.2. The second-order valence-corrected chi connectivity index (χ2v) is 37.7. The van der Waals surface area contributed by atoms with Gasteiger partial charge in [0.25, 0.3) is 0 Å². The monoisotopic (exact) mass is 1530 g/mol. The topological polar surface area (TPSA) is 18.5 Å². The van der Waals surface area contributed by atoms with Gasteiger partial charge in [0.2, 0.25) is 17.8 Å². The van der Waals surface area contributed by atoms with Gasteiger partial charge in [-0.15, -0.1) is 0 Å². The van der Waals surface area contributed by atoms with Crippen molar-refractivity contribution in [3.63, 3.8) is 0 Å². The summed E-state index contributed by atoms with van der Waals surface area (Å²) in [6.07, 6.45) is 26.7. The van der Waals surface area contributed by atoms with Crippen LogP contribution in [0, 0.1) is 54.1 Å². The Hall–Kier alpha value is -0.850. The summed E-state index contributed by atoms with van der Waals surface area (Å²) >= 11 is 0. The molecular formula is C92H185F11O2. The molecule has 0 radical (unpaired) electrons. The quantitative estimate of drug-likeness (QED) is 0.0568. The fraction of sp³-hybridized carbons (Fsp3) is 1.00. The van der Waals surface area contributed by atoms with E-state index in [4.69, 9.17) is 9.47 Å². The van der Waals surface area contributed by atoms with E-state index < -0.39 is 46.6 Å². The zero-order valence-electron chi connectivity index (χ0n) is 76.9. The van der Waals surface area contributed by atoms with Crippen molar-refractivity contribution in [3.05, 3.63) is 0 Å². The van der Waals surface area contributed by atoms with Crippen LogP contribution in [-0.2, 0) is 9.47 Å². The first-order valence-corrected chi connectivity index (χ1v) is 43.3. The van der Waals surface area contributed by atoms with E-state index in [-0.39, 0.29) is 75.4 Å². The number of hydrogen-bond acceptors (Lipinski definition) is 2. The molecule has 0 aromatic heterocycles. The van der Waals surface area contributed by atoms with E-state index in [1.165, 1.54) is 25.7 Å². The van der Waals surface area contributed by atoms with Gasteiger partial charge in [0.15, 0.2) is 5.67 Å². The Balaban J connectivity index is -0.000000263. The average molecular weight is 1530 g/mol. The number of hydrogen-bond donors (Lipinski definition) is 0. The van der Waals surface area contributed by atoms with Crippen molar-refractivity contribution in [2.45, 2.75) is 514 Å². The Kier molecular flexibility index (Phi) is 56.7. The zero-order valence-corrected chi connectivity index (χ0v) is 76.9. The molecule has 0 aromatic carbocycles. The SMILES string of the molecule is CCC(C)(CC)CC(C)(F)F.CCC(C)(CC)CC(C)F.CCC(C)(CC)CC1(CC)COC1.CCC(C)(CC)CC1(F)CC1.CCC(C)(CC)CC1(F)COC1.CCC(C)(F)CC(C)(CC)CC.CCC(C)(F)CC(C)(CC)CC.CCC(F)(F)CC(C)(CC)CC.CCC(F)(F)CC(C)(CC)CC. The van der Waals surface area contributed by atoms with E-state index in [2.05, 4.69) is 132 Å². The number of halogens is 11. The molecule has 2 saturated heterocycles. The molecule has 3 fully saturated rings. The normalized spacial score (nSPS) is 17.4. The standard InChI is InChI=1S/C12H24O.2C11H23F.2C10H20F2.C10H19FO.C10H19F.C9H18F2.C9H19F/c1-5-11(4,6-2)8-12(7-3)9-13-10-12;2*1-6-10(4,7-2)9-11(5,12)8-3;2*1-5-9(4,6-2)8-10(11,12)7-3;1-4-9(3,5-2)6-10(11)7-12-8-10;1-4-9(3,5-2)8-10(11)6-7-10;1-5-8(3,6-2)7-9(4,10)11;1-5-9(4,6-2)7-8(3)10/h5-10H2,1-4H3;2*6-9H2,1-5H3;2*5-8H2,1-4H3;4-8H2,1-3H3;4-8H2,1-3H3;5-7H2,1-4H3;8H,5-7H2,1-4H3. The van der Waals surface area contributed by atoms with Gasteiger partial charge in [-0.1, -0.05) is 337 Å². The third-order valence-corrected chi connectivity index (χ3v) is 27.7. The molecule has 3 aliphatic rings. The molecule has 0 N–H and O–H groups in total. The van der Waals surface area contributed by atoms with Crippen molar-refractivity contribution in [2.24, 2.45) is 54.1 Å². The van der Waals surface area contributed by atoms with Gasteiger partial charge >= 0.3 is 0 Å². The van der Waals surface area contributed by atoms with Crippen molar-refractivity contribution >= 4 is 0 Å². The lowest BCUT2D eigenvalue weighted by Gasteiger charge is -2.46. The lowest BCUT2D eigenvalue weighted by Crippen LogP contribution is -2.48. The van der Waals surface area contributed by atoms with E-state index in [0.717, 1.165) is 142 Å². The van der Waals surface area contributed by atoms with Gasteiger partial charge in [-0.05, 0) is 147 Å². The minimum atomic E-state index is -2.51. The van der Waals surface area contributed by atoms with Gasteiger partial charge in [-0.25, -0.2) is 48.3 Å². The van der Waals surface area contributed by atoms with Crippen LogP contribution in [0.1, 0.15) is 468 Å². The smallest absolute Gasteiger partial charge is 0.248 e. The summed E-state index contributed by atoms with van der Waals surface area (Å²) in [6, 6.07) is 0. The Morgan fingerprint density at radius 2 is 0.505 bits per heavy atom. The van der Waals surface area contributed by atoms with Crippen LogP contribution < -0.4 is 0 Å². The molecule has 13 heteroatoms. The molecule has 0 aromatic rings. The Bertz CT molecular complexity index is 1830. The highest BCUT2D eigenvalue weighted by atomic mass is 19.3. The molecule has 1 saturated carbocycles. The van der Waals surface area contributed by atoms with Crippen molar-refractivity contribution in [3.8, 4) is 0 Å². The maximum Gasteiger partial charge on any atom is 0.248 e. The van der Waals surface area contributed by atoms with Gasteiger partial charge in [-0.2, -0.15) is 0 Å². The van der Waals surface area contributed by atoms with Crippen molar-refractivity contribution < 1.29 is 57.8 Å². The zero-order chi connectivity index (χ0) is 84.4. The van der Waals surface area contributed by atoms with Gasteiger partial charge in [0, 0.05) is 37.5 Å². The summed E-state index contributed by atoms with van der Waals surface area (Å²) in [5.41, 5.74) is -2.15. The molecule has 0 spiro atoms. The van der Waals surface area contributed by atoms with Crippen LogP contribution in [-0.4, -0.2) is 73.0 Å². The highest BCUT2D eigenvalue weighted by Gasteiger charge is 2.48. The van der Waals surface area contributed by atoms with Crippen LogP contribution in [0.3, 0.4) is 0 Å². The minimum Gasteiger partial charge on any atom is -0.380 e. The number of alkyl halides is 11. The van der Waals surface area contributed by atoms with E-state index >= 15 is 0 Å². The van der Waals surface area contributed by atoms with Crippen molar-refractivity contribution in [1.29, 1.82) is 0 Å². The number of ether oxygens (including phenoxy) is 2. The molecule has 2 aliphatic heterocycles. The molecule has 2 heterocycles. The predicted molar refractivity (Wildman–Crippen MR) is 442 cm³/mol. The average Bonchev–Trinajstić information content (AvgIpc) is 0.929. The van der Waals surface area contributed by atoms with E-state index in [1.54, 1.807) is 34.6 Å². The van der Waals surface area contributed by atoms with Gasteiger partial charge in [0.05, 0.1) is 32.6 Å². The largest absolute Gasteiger partial charge is 0.380 e. The Morgan fingerprint density at radius 1 is 0.276 bits per heavy atom. The number of rotatable bonds is 41. The summed E-state index contributed by atoms with van der Waals surface area (Å²) < 4.78 is 155. The molecule has 0 bridgehead atoms. The lowest BCUT2D eigenvalue weighted by atomic mass is 9.67. The van der Waals surface area contributed by atoms with Crippen LogP contribution in [0.4, 0.5) is 48.3 Å². The fourth-order valence-electron chi connectivity index (χ4n) is 13.5. The molecule has 3 atom stereocenters. The predicted octanol–water partition coefficient (Wildman–Crippen LogP) is 34.9.